The summed E-state index contributed by atoms with van der Waals surface area (Å²) < 4.78 is 0. The average molecular weight is 306 g/mol. The highest BCUT2D eigenvalue weighted by Crippen LogP contribution is 2.48. The highest BCUT2D eigenvalue weighted by Gasteiger charge is 2.40. The predicted octanol–water partition coefficient (Wildman–Crippen LogP) is 5.06. The van der Waals surface area contributed by atoms with Gasteiger partial charge in [0.1, 0.15) is 0 Å². The highest BCUT2D eigenvalue weighted by atomic mass is 16.2. The van der Waals surface area contributed by atoms with Gasteiger partial charge in [-0.3, -0.25) is 4.79 Å². The molecule has 3 unspecified atom stereocenters. The van der Waals surface area contributed by atoms with Gasteiger partial charge >= 0.3 is 0 Å². The van der Waals surface area contributed by atoms with Crippen molar-refractivity contribution in [3.05, 3.63) is 0 Å². The van der Waals surface area contributed by atoms with Crippen LogP contribution < -0.4 is 5.43 Å². The fraction of sp³-hybridized carbons (Fsp3) is 0.895. The maximum Gasteiger partial charge on any atom is 0.240 e. The first-order valence-corrected chi connectivity index (χ1v) is 9.53. The normalized spacial score (nSPS) is 27.4. The van der Waals surface area contributed by atoms with Gasteiger partial charge in [-0.2, -0.15) is 5.10 Å². The van der Waals surface area contributed by atoms with Crippen molar-refractivity contribution >= 4 is 11.6 Å². The summed E-state index contributed by atoms with van der Waals surface area (Å²) in [6.45, 7) is 4.34. The minimum absolute atomic E-state index is 0.0936. The molecule has 0 aromatic carbocycles. The van der Waals surface area contributed by atoms with Crippen LogP contribution in [0.4, 0.5) is 0 Å². The maximum atomic E-state index is 11.8. The fourth-order valence-electron chi connectivity index (χ4n) is 4.29. The monoisotopic (exact) mass is 306 g/mol. The number of hydrogen-bond acceptors (Lipinski definition) is 2. The number of hydrogen-bond donors (Lipinski definition) is 1. The number of fused-ring (bicyclic) bond motifs is 2. The Hall–Kier alpha value is -0.860. The van der Waals surface area contributed by atoms with Crippen LogP contribution >= 0.6 is 0 Å². The Morgan fingerprint density at radius 1 is 1.05 bits per heavy atom. The van der Waals surface area contributed by atoms with Gasteiger partial charge in [0.25, 0.3) is 0 Å². The van der Waals surface area contributed by atoms with Gasteiger partial charge in [0.2, 0.25) is 5.91 Å². The summed E-state index contributed by atoms with van der Waals surface area (Å²) >= 11 is 0. The van der Waals surface area contributed by atoms with E-state index in [-0.39, 0.29) is 5.91 Å². The molecule has 0 radical (unpaired) electrons. The van der Waals surface area contributed by atoms with E-state index in [2.05, 4.69) is 24.4 Å². The number of unbranched alkanes of at least 4 members (excludes halogenated alkanes) is 6. The standard InChI is InChI=1S/C19H34N2O/c1-3-4-5-6-7-8-9-10-19(22)21-20-15(2)18-14-16-11-12-17(18)13-16/h16-18H,3-14H2,1-2H3,(H,21,22)/b20-15+. The number of carbonyl (C=O) groups is 1. The molecule has 22 heavy (non-hydrogen) atoms. The summed E-state index contributed by atoms with van der Waals surface area (Å²) in [4.78, 5) is 11.8. The molecule has 126 valence electrons. The van der Waals surface area contributed by atoms with Crippen molar-refractivity contribution < 1.29 is 4.79 Å². The molecule has 0 saturated heterocycles. The van der Waals surface area contributed by atoms with Crippen LogP contribution in [-0.4, -0.2) is 11.6 Å². The van der Waals surface area contributed by atoms with E-state index in [0.717, 1.165) is 24.0 Å². The van der Waals surface area contributed by atoms with Gasteiger partial charge in [0.05, 0.1) is 0 Å². The van der Waals surface area contributed by atoms with Crippen molar-refractivity contribution in [3.8, 4) is 0 Å². The van der Waals surface area contributed by atoms with E-state index in [0.29, 0.717) is 12.3 Å². The zero-order valence-electron chi connectivity index (χ0n) is 14.6. The molecule has 2 aliphatic carbocycles. The van der Waals surface area contributed by atoms with Crippen molar-refractivity contribution in [1.29, 1.82) is 0 Å². The lowest BCUT2D eigenvalue weighted by Gasteiger charge is -2.21. The van der Waals surface area contributed by atoms with Gasteiger partial charge in [-0.25, -0.2) is 5.43 Å². The summed E-state index contributed by atoms with van der Waals surface area (Å²) in [5.74, 6) is 2.51. The van der Waals surface area contributed by atoms with Gasteiger partial charge in [0.15, 0.2) is 0 Å². The molecule has 0 heterocycles. The number of amides is 1. The highest BCUT2D eigenvalue weighted by molar-refractivity contribution is 5.86. The minimum Gasteiger partial charge on any atom is -0.273 e. The Kier molecular flexibility index (Phi) is 7.41. The van der Waals surface area contributed by atoms with Crippen LogP contribution in [0.2, 0.25) is 0 Å². The molecule has 2 saturated carbocycles. The van der Waals surface area contributed by atoms with E-state index in [9.17, 15) is 4.79 Å². The molecular formula is C19H34N2O. The second-order valence-corrected chi connectivity index (χ2v) is 7.44. The molecule has 2 fully saturated rings. The van der Waals surface area contributed by atoms with Crippen LogP contribution in [-0.2, 0) is 4.79 Å². The summed E-state index contributed by atoms with van der Waals surface area (Å²) in [6, 6.07) is 0. The Morgan fingerprint density at radius 3 is 2.41 bits per heavy atom. The van der Waals surface area contributed by atoms with Crippen molar-refractivity contribution in [2.45, 2.75) is 90.9 Å². The van der Waals surface area contributed by atoms with Crippen LogP contribution in [0.25, 0.3) is 0 Å². The molecule has 2 rings (SSSR count). The lowest BCUT2D eigenvalue weighted by atomic mass is 9.86. The van der Waals surface area contributed by atoms with E-state index in [1.54, 1.807) is 0 Å². The van der Waals surface area contributed by atoms with Crippen LogP contribution in [0.1, 0.15) is 90.9 Å². The first-order chi connectivity index (χ1) is 10.7. The maximum absolute atomic E-state index is 11.8. The molecule has 0 aromatic rings. The third-order valence-electron chi connectivity index (χ3n) is 5.64. The van der Waals surface area contributed by atoms with Crippen LogP contribution in [0, 0.1) is 17.8 Å². The first kappa shape index (κ1) is 17.5. The third-order valence-corrected chi connectivity index (χ3v) is 5.64. The van der Waals surface area contributed by atoms with Crippen molar-refractivity contribution in [3.63, 3.8) is 0 Å². The SMILES string of the molecule is CCCCCCCCCC(=O)N/N=C(\C)C1CC2CCC1C2. The Labute approximate surface area is 136 Å². The van der Waals surface area contributed by atoms with Crippen LogP contribution in [0.15, 0.2) is 5.10 Å². The number of nitrogens with zero attached hydrogens (tertiary/aromatic N) is 1. The molecule has 2 aliphatic rings. The van der Waals surface area contributed by atoms with Crippen molar-refractivity contribution in [1.82, 2.24) is 5.43 Å². The molecule has 0 spiro atoms. The fourth-order valence-corrected chi connectivity index (χ4v) is 4.29. The largest absolute Gasteiger partial charge is 0.273 e. The van der Waals surface area contributed by atoms with E-state index in [1.165, 1.54) is 64.2 Å². The lowest BCUT2D eigenvalue weighted by Crippen LogP contribution is -2.24. The molecule has 0 aromatic heterocycles. The molecule has 3 heteroatoms. The third kappa shape index (κ3) is 5.40. The van der Waals surface area contributed by atoms with Gasteiger partial charge in [-0.15, -0.1) is 0 Å². The number of nitrogens with one attached hydrogen (secondary N) is 1. The molecule has 3 nitrogen and oxygen atoms in total. The second-order valence-electron chi connectivity index (χ2n) is 7.44. The van der Waals surface area contributed by atoms with Crippen molar-refractivity contribution in [2.75, 3.05) is 0 Å². The number of carbonyl (C=O) groups excluding carboxylic acids is 1. The van der Waals surface area contributed by atoms with E-state index in [1.807, 2.05) is 0 Å². The molecular weight excluding hydrogens is 272 g/mol. The minimum atomic E-state index is 0.0936. The average Bonchev–Trinajstić information content (AvgIpc) is 3.14. The molecule has 1 amide bonds. The summed E-state index contributed by atoms with van der Waals surface area (Å²) in [5, 5.41) is 4.38. The molecule has 1 N–H and O–H groups in total. The molecule has 2 bridgehead atoms. The quantitative estimate of drug-likeness (QED) is 0.342. The van der Waals surface area contributed by atoms with E-state index >= 15 is 0 Å². The zero-order valence-corrected chi connectivity index (χ0v) is 14.6. The Balaban J connectivity index is 1.54. The zero-order chi connectivity index (χ0) is 15.8. The Morgan fingerprint density at radius 2 is 1.77 bits per heavy atom. The first-order valence-electron chi connectivity index (χ1n) is 9.53. The molecule has 0 aliphatic heterocycles. The number of hydrazone groups is 1. The predicted molar refractivity (Wildman–Crippen MR) is 92.8 cm³/mol. The van der Waals surface area contributed by atoms with E-state index < -0.39 is 0 Å². The Bertz CT molecular complexity index is 378. The summed E-state index contributed by atoms with van der Waals surface area (Å²) in [6.07, 6.45) is 14.8. The lowest BCUT2D eigenvalue weighted by molar-refractivity contribution is -0.121. The van der Waals surface area contributed by atoms with Gasteiger partial charge in [-0.1, -0.05) is 51.9 Å². The number of rotatable bonds is 10. The molecule has 3 atom stereocenters. The van der Waals surface area contributed by atoms with Gasteiger partial charge in [0, 0.05) is 18.1 Å². The van der Waals surface area contributed by atoms with Crippen LogP contribution in [0.5, 0.6) is 0 Å². The van der Waals surface area contributed by atoms with Crippen molar-refractivity contribution in [2.24, 2.45) is 22.9 Å². The van der Waals surface area contributed by atoms with Gasteiger partial charge < -0.3 is 0 Å². The van der Waals surface area contributed by atoms with Crippen LogP contribution in [0.3, 0.4) is 0 Å². The van der Waals surface area contributed by atoms with Gasteiger partial charge in [-0.05, 0) is 44.4 Å². The smallest absolute Gasteiger partial charge is 0.240 e. The topological polar surface area (TPSA) is 41.5 Å². The summed E-state index contributed by atoms with van der Waals surface area (Å²) in [7, 11) is 0. The summed E-state index contributed by atoms with van der Waals surface area (Å²) in [5.41, 5.74) is 3.93. The van der Waals surface area contributed by atoms with E-state index in [4.69, 9.17) is 0 Å². The second kappa shape index (κ2) is 9.32.